The van der Waals surface area contributed by atoms with Crippen molar-refractivity contribution in [3.63, 3.8) is 0 Å². The predicted octanol–water partition coefficient (Wildman–Crippen LogP) is -0.289. The molecule has 1 aromatic rings. The molecule has 1 aromatic heterocycles. The van der Waals surface area contributed by atoms with Crippen LogP contribution in [0, 0.1) is 5.92 Å². The average Bonchev–Trinajstić information content (AvgIpc) is 3.15. The summed E-state index contributed by atoms with van der Waals surface area (Å²) in [4.78, 5) is 55.7. The predicted molar refractivity (Wildman–Crippen MR) is 115 cm³/mol. The summed E-state index contributed by atoms with van der Waals surface area (Å²) in [6, 6.07) is -2.56. The fourth-order valence-electron chi connectivity index (χ4n) is 2.84. The molecule has 0 spiro atoms. The van der Waals surface area contributed by atoms with Gasteiger partial charge in [0.05, 0.1) is 6.33 Å². The second-order valence-electron chi connectivity index (χ2n) is 7.47. The third-order valence-corrected chi connectivity index (χ3v) is 4.93. The fraction of sp³-hybridized carbons (Fsp3) is 0.632. The number of aromatic amines is 1. The number of nitrogens with zero attached hydrogens (tertiary/aromatic N) is 1. The van der Waals surface area contributed by atoms with Crippen LogP contribution < -0.4 is 21.7 Å². The minimum atomic E-state index is -0.881. The van der Waals surface area contributed by atoms with Gasteiger partial charge in [0.15, 0.2) is 0 Å². The number of primary amides is 1. The van der Waals surface area contributed by atoms with Crippen molar-refractivity contribution in [3.8, 4) is 0 Å². The molecular formula is C19H32N6O4S. The number of thioether (sulfide) groups is 1. The Morgan fingerprint density at radius 3 is 2.23 bits per heavy atom. The third-order valence-electron chi connectivity index (χ3n) is 4.28. The van der Waals surface area contributed by atoms with Crippen molar-refractivity contribution in [2.24, 2.45) is 11.7 Å². The minimum absolute atomic E-state index is 0.103. The molecule has 0 aromatic carbocycles. The summed E-state index contributed by atoms with van der Waals surface area (Å²) in [5.74, 6) is -1.21. The lowest BCUT2D eigenvalue weighted by Gasteiger charge is -2.25. The van der Waals surface area contributed by atoms with Gasteiger partial charge in [-0.1, -0.05) is 13.8 Å². The van der Waals surface area contributed by atoms with Crippen molar-refractivity contribution < 1.29 is 19.2 Å². The molecule has 168 valence electrons. The number of amides is 4. The fourth-order valence-corrected chi connectivity index (χ4v) is 3.31. The van der Waals surface area contributed by atoms with E-state index in [1.807, 2.05) is 20.1 Å². The number of hydrogen-bond acceptors (Lipinski definition) is 6. The Morgan fingerprint density at radius 1 is 1.10 bits per heavy atom. The van der Waals surface area contributed by atoms with Gasteiger partial charge in [-0.05, 0) is 30.8 Å². The maximum absolute atomic E-state index is 12.9. The zero-order chi connectivity index (χ0) is 22.7. The number of carbonyl (C=O) groups is 4. The van der Waals surface area contributed by atoms with Crippen molar-refractivity contribution in [2.75, 3.05) is 12.0 Å². The van der Waals surface area contributed by atoms with E-state index in [0.29, 0.717) is 24.3 Å². The Hall–Kier alpha value is -2.56. The smallest absolute Gasteiger partial charge is 0.243 e. The van der Waals surface area contributed by atoms with Gasteiger partial charge in [-0.25, -0.2) is 4.98 Å². The first-order chi connectivity index (χ1) is 14.1. The van der Waals surface area contributed by atoms with E-state index in [1.165, 1.54) is 25.0 Å². The average molecular weight is 441 g/mol. The molecule has 0 bridgehead atoms. The van der Waals surface area contributed by atoms with Crippen molar-refractivity contribution in [1.82, 2.24) is 25.9 Å². The van der Waals surface area contributed by atoms with Crippen LogP contribution in [0.4, 0.5) is 0 Å². The molecule has 0 aliphatic rings. The van der Waals surface area contributed by atoms with Crippen LogP contribution in [0.3, 0.4) is 0 Å². The molecule has 4 amide bonds. The Morgan fingerprint density at radius 2 is 1.73 bits per heavy atom. The number of nitrogens with one attached hydrogen (secondary N) is 4. The summed E-state index contributed by atoms with van der Waals surface area (Å²) in [5, 5.41) is 7.95. The van der Waals surface area contributed by atoms with Crippen molar-refractivity contribution >= 4 is 35.4 Å². The Balaban J connectivity index is 2.91. The second-order valence-corrected chi connectivity index (χ2v) is 8.46. The van der Waals surface area contributed by atoms with Crippen molar-refractivity contribution in [1.29, 1.82) is 0 Å². The number of rotatable bonds is 13. The van der Waals surface area contributed by atoms with Gasteiger partial charge in [0.2, 0.25) is 23.6 Å². The van der Waals surface area contributed by atoms with E-state index in [2.05, 4.69) is 25.9 Å². The van der Waals surface area contributed by atoms with E-state index in [0.717, 1.165) is 0 Å². The SMILES string of the molecule is CSCCC(NC(=O)C(CC(C)C)NC(=O)C(Cc1cnc[nH]1)NC(C)=O)C(N)=O. The van der Waals surface area contributed by atoms with Crippen LogP contribution in [-0.2, 0) is 25.6 Å². The summed E-state index contributed by atoms with van der Waals surface area (Å²) < 4.78 is 0. The summed E-state index contributed by atoms with van der Waals surface area (Å²) in [7, 11) is 0. The van der Waals surface area contributed by atoms with Gasteiger partial charge in [0, 0.05) is 25.2 Å². The van der Waals surface area contributed by atoms with E-state index < -0.39 is 35.8 Å². The van der Waals surface area contributed by atoms with Crippen molar-refractivity contribution in [3.05, 3.63) is 18.2 Å². The number of imidazole rings is 1. The highest BCUT2D eigenvalue weighted by Gasteiger charge is 2.29. The van der Waals surface area contributed by atoms with E-state index >= 15 is 0 Å². The molecule has 0 saturated heterocycles. The quantitative estimate of drug-likeness (QED) is 0.283. The van der Waals surface area contributed by atoms with Crippen LogP contribution in [0.25, 0.3) is 0 Å². The van der Waals surface area contributed by atoms with Crippen LogP contribution in [0.15, 0.2) is 12.5 Å². The molecule has 1 heterocycles. The van der Waals surface area contributed by atoms with Gasteiger partial charge in [-0.2, -0.15) is 11.8 Å². The maximum Gasteiger partial charge on any atom is 0.243 e. The monoisotopic (exact) mass is 440 g/mol. The molecule has 0 aliphatic carbocycles. The van der Waals surface area contributed by atoms with Crippen LogP contribution >= 0.6 is 11.8 Å². The van der Waals surface area contributed by atoms with E-state index in [-0.39, 0.29) is 18.2 Å². The summed E-state index contributed by atoms with van der Waals surface area (Å²) in [5.41, 5.74) is 6.07. The molecule has 0 fully saturated rings. The second kappa shape index (κ2) is 12.9. The number of aromatic nitrogens is 2. The highest BCUT2D eigenvalue weighted by molar-refractivity contribution is 7.98. The highest BCUT2D eigenvalue weighted by atomic mass is 32.2. The lowest BCUT2D eigenvalue weighted by molar-refractivity contribution is -0.133. The summed E-state index contributed by atoms with van der Waals surface area (Å²) in [6.07, 6.45) is 5.89. The molecule has 30 heavy (non-hydrogen) atoms. The zero-order valence-corrected chi connectivity index (χ0v) is 18.7. The molecular weight excluding hydrogens is 408 g/mol. The number of hydrogen-bond donors (Lipinski definition) is 5. The van der Waals surface area contributed by atoms with Gasteiger partial charge in [-0.3, -0.25) is 19.2 Å². The largest absolute Gasteiger partial charge is 0.368 e. The third kappa shape index (κ3) is 9.29. The van der Waals surface area contributed by atoms with Crippen LogP contribution in [0.2, 0.25) is 0 Å². The van der Waals surface area contributed by atoms with E-state index in [4.69, 9.17) is 5.73 Å². The Bertz CT molecular complexity index is 710. The van der Waals surface area contributed by atoms with E-state index in [1.54, 1.807) is 6.20 Å². The number of carbonyl (C=O) groups excluding carboxylic acids is 4. The molecule has 0 saturated carbocycles. The molecule has 10 nitrogen and oxygen atoms in total. The Kier molecular flexibility index (Phi) is 10.9. The molecule has 11 heteroatoms. The first-order valence-electron chi connectivity index (χ1n) is 9.77. The molecule has 0 aliphatic heterocycles. The molecule has 3 unspecified atom stereocenters. The minimum Gasteiger partial charge on any atom is -0.368 e. The first kappa shape index (κ1) is 25.5. The zero-order valence-electron chi connectivity index (χ0n) is 17.9. The first-order valence-corrected chi connectivity index (χ1v) is 11.2. The lowest BCUT2D eigenvalue weighted by atomic mass is 10.0. The van der Waals surface area contributed by atoms with Gasteiger partial charge < -0.3 is 26.7 Å². The molecule has 3 atom stereocenters. The lowest BCUT2D eigenvalue weighted by Crippen LogP contribution is -2.57. The Labute approximate surface area is 180 Å². The van der Waals surface area contributed by atoms with Gasteiger partial charge >= 0.3 is 0 Å². The standard InChI is InChI=1S/C19H32N6O4S/c1-11(2)7-15(18(28)24-14(17(20)27)5-6-30-4)25-19(29)16(23-12(3)26)8-13-9-21-10-22-13/h9-11,14-16H,5-8H2,1-4H3,(H2,20,27)(H,21,22)(H,23,26)(H,24,28)(H,25,29). The number of H-pyrrole nitrogens is 1. The molecule has 6 N–H and O–H groups in total. The number of nitrogens with two attached hydrogens (primary N) is 1. The van der Waals surface area contributed by atoms with Crippen molar-refractivity contribution in [2.45, 2.75) is 58.2 Å². The van der Waals surface area contributed by atoms with Crippen LogP contribution in [0.5, 0.6) is 0 Å². The summed E-state index contributed by atoms with van der Waals surface area (Å²) >= 11 is 1.54. The molecule has 0 radical (unpaired) electrons. The maximum atomic E-state index is 12.9. The van der Waals surface area contributed by atoms with Crippen LogP contribution in [-0.4, -0.2) is 63.7 Å². The van der Waals surface area contributed by atoms with Crippen LogP contribution in [0.1, 0.15) is 39.3 Å². The normalized spacial score (nSPS) is 13.9. The van der Waals surface area contributed by atoms with Gasteiger partial charge in [-0.15, -0.1) is 0 Å². The highest BCUT2D eigenvalue weighted by Crippen LogP contribution is 2.08. The van der Waals surface area contributed by atoms with Gasteiger partial charge in [0.1, 0.15) is 18.1 Å². The molecule has 1 rings (SSSR count). The van der Waals surface area contributed by atoms with Gasteiger partial charge in [0.25, 0.3) is 0 Å². The van der Waals surface area contributed by atoms with E-state index in [9.17, 15) is 19.2 Å². The summed E-state index contributed by atoms with van der Waals surface area (Å²) in [6.45, 7) is 5.15. The topological polar surface area (TPSA) is 159 Å².